The summed E-state index contributed by atoms with van der Waals surface area (Å²) in [6, 6.07) is 0. The van der Waals surface area contributed by atoms with Gasteiger partial charge in [-0.2, -0.15) is 11.2 Å². The first-order chi connectivity index (χ1) is 6.49. The van der Waals surface area contributed by atoms with Gasteiger partial charge in [-0.15, -0.1) is 0 Å². The van der Waals surface area contributed by atoms with Crippen LogP contribution in [0.15, 0.2) is 4.99 Å². The van der Waals surface area contributed by atoms with E-state index >= 15 is 0 Å². The Morgan fingerprint density at radius 3 is 2.36 bits per heavy atom. The first-order valence-corrected chi connectivity index (χ1v) is 10.8. The molecule has 1 atom stereocenters. The maximum absolute atomic E-state index is 4.49. The minimum Gasteiger partial charge on any atom is -0.296 e. The maximum atomic E-state index is 4.49. The lowest BCUT2D eigenvalue weighted by Crippen LogP contribution is -2.21. The zero-order valence-corrected chi connectivity index (χ0v) is 12.2. The van der Waals surface area contributed by atoms with Crippen LogP contribution >= 0.6 is 11.2 Å². The molecule has 0 aromatic heterocycles. The smallest absolute Gasteiger partial charge is 0.109 e. The van der Waals surface area contributed by atoms with E-state index < -0.39 is 7.22 Å². The zero-order chi connectivity index (χ0) is 11.0. The number of rotatable bonds is 7. The van der Waals surface area contributed by atoms with Gasteiger partial charge in [-0.1, -0.05) is 39.9 Å². The lowest BCUT2D eigenvalue weighted by Gasteiger charge is -2.20. The lowest BCUT2D eigenvalue weighted by molar-refractivity contribution is 0.807. The highest BCUT2D eigenvalue weighted by atomic mass is 32.4. The van der Waals surface area contributed by atoms with Crippen molar-refractivity contribution in [1.29, 1.82) is 0 Å². The number of aliphatic imine (C=N–C) groups is 1. The van der Waals surface area contributed by atoms with Crippen molar-refractivity contribution in [3.63, 3.8) is 0 Å². The SMILES string of the molecule is CCCCN=CC(CC)S[Si](C)(C)C. The predicted molar refractivity (Wildman–Crippen MR) is 73.3 cm³/mol. The Kier molecular flexibility index (Phi) is 7.65. The fourth-order valence-electron chi connectivity index (χ4n) is 1.11. The second-order valence-corrected chi connectivity index (χ2v) is 14.0. The summed E-state index contributed by atoms with van der Waals surface area (Å²) in [7, 11) is -0.984. The summed E-state index contributed by atoms with van der Waals surface area (Å²) < 4.78 is 0. The molecule has 0 radical (unpaired) electrons. The van der Waals surface area contributed by atoms with Crippen molar-refractivity contribution in [3.8, 4) is 0 Å². The molecular formula is C11H25NSSi. The van der Waals surface area contributed by atoms with Gasteiger partial charge in [0.05, 0.1) is 0 Å². The highest BCUT2D eigenvalue weighted by molar-refractivity contribution is 8.29. The Hall–Kier alpha value is 0.237. The molecular weight excluding hydrogens is 206 g/mol. The van der Waals surface area contributed by atoms with Crippen LogP contribution in [-0.4, -0.2) is 25.2 Å². The Labute approximate surface area is 94.4 Å². The molecule has 1 nitrogen and oxygen atoms in total. The van der Waals surface area contributed by atoms with E-state index in [0.29, 0.717) is 5.25 Å². The first-order valence-electron chi connectivity index (χ1n) is 5.67. The van der Waals surface area contributed by atoms with Gasteiger partial charge in [0.2, 0.25) is 0 Å². The van der Waals surface area contributed by atoms with Crippen LogP contribution in [0.5, 0.6) is 0 Å². The minimum atomic E-state index is -0.984. The van der Waals surface area contributed by atoms with Gasteiger partial charge in [0.15, 0.2) is 0 Å². The second-order valence-electron chi connectivity index (χ2n) is 4.59. The van der Waals surface area contributed by atoms with Crippen LogP contribution in [0.1, 0.15) is 33.1 Å². The summed E-state index contributed by atoms with van der Waals surface area (Å²) in [6.07, 6.45) is 5.86. The monoisotopic (exact) mass is 231 g/mol. The summed E-state index contributed by atoms with van der Waals surface area (Å²) in [4.78, 5) is 4.49. The van der Waals surface area contributed by atoms with Gasteiger partial charge < -0.3 is 0 Å². The van der Waals surface area contributed by atoms with E-state index in [1.54, 1.807) is 0 Å². The minimum absolute atomic E-state index is 0.651. The van der Waals surface area contributed by atoms with Crippen LogP contribution in [0.25, 0.3) is 0 Å². The quantitative estimate of drug-likeness (QED) is 0.363. The second kappa shape index (κ2) is 7.52. The average Bonchev–Trinajstić information content (AvgIpc) is 2.08. The van der Waals surface area contributed by atoms with Crippen molar-refractivity contribution in [1.82, 2.24) is 0 Å². The molecule has 0 bridgehead atoms. The molecule has 0 saturated heterocycles. The molecule has 0 amide bonds. The first kappa shape index (κ1) is 14.2. The van der Waals surface area contributed by atoms with Crippen molar-refractivity contribution in [3.05, 3.63) is 0 Å². The van der Waals surface area contributed by atoms with Crippen molar-refractivity contribution in [2.75, 3.05) is 6.54 Å². The van der Waals surface area contributed by atoms with Crippen LogP contribution in [0.3, 0.4) is 0 Å². The number of hydrogen-bond acceptors (Lipinski definition) is 2. The molecule has 0 aromatic carbocycles. The van der Waals surface area contributed by atoms with Crippen LogP contribution < -0.4 is 0 Å². The molecule has 0 rings (SSSR count). The van der Waals surface area contributed by atoms with E-state index in [9.17, 15) is 0 Å². The third-order valence-corrected chi connectivity index (χ3v) is 6.31. The van der Waals surface area contributed by atoms with Crippen LogP contribution in [0.4, 0.5) is 0 Å². The number of nitrogens with zero attached hydrogens (tertiary/aromatic N) is 1. The fraction of sp³-hybridized carbons (Fsp3) is 0.909. The molecule has 0 aliphatic heterocycles. The van der Waals surface area contributed by atoms with E-state index in [4.69, 9.17) is 0 Å². The van der Waals surface area contributed by atoms with E-state index in [-0.39, 0.29) is 0 Å². The normalized spacial score (nSPS) is 14.9. The van der Waals surface area contributed by atoms with Crippen LogP contribution in [-0.2, 0) is 0 Å². The molecule has 0 aliphatic rings. The molecule has 0 fully saturated rings. The van der Waals surface area contributed by atoms with Crippen molar-refractivity contribution < 1.29 is 0 Å². The number of unbranched alkanes of at least 4 members (excludes halogenated alkanes) is 1. The molecule has 1 unspecified atom stereocenters. The Morgan fingerprint density at radius 1 is 1.29 bits per heavy atom. The van der Waals surface area contributed by atoms with Gasteiger partial charge in [-0.25, -0.2) is 0 Å². The van der Waals surface area contributed by atoms with E-state index in [2.05, 4.69) is 55.9 Å². The standard InChI is InChI=1S/C11H25NSSi/c1-6-8-9-12-10-11(7-2)13-14(3,4)5/h10-11H,6-9H2,1-5H3. The molecule has 14 heavy (non-hydrogen) atoms. The van der Waals surface area contributed by atoms with Gasteiger partial charge >= 0.3 is 0 Å². The molecule has 3 heteroatoms. The van der Waals surface area contributed by atoms with E-state index in [1.165, 1.54) is 19.3 Å². The highest BCUT2D eigenvalue weighted by Gasteiger charge is 2.18. The molecule has 0 saturated carbocycles. The van der Waals surface area contributed by atoms with E-state index in [1.807, 2.05) is 0 Å². The third-order valence-electron chi connectivity index (χ3n) is 1.82. The summed E-state index contributed by atoms with van der Waals surface area (Å²) >= 11 is 2.15. The largest absolute Gasteiger partial charge is 0.296 e. The van der Waals surface area contributed by atoms with Crippen molar-refractivity contribution in [2.45, 2.75) is 58.0 Å². The summed E-state index contributed by atoms with van der Waals surface area (Å²) in [5, 5.41) is 0.651. The molecule has 84 valence electrons. The summed E-state index contributed by atoms with van der Waals surface area (Å²) in [5.74, 6) is 0. The predicted octanol–water partition coefficient (Wildman–Crippen LogP) is 4.20. The van der Waals surface area contributed by atoms with Gasteiger partial charge in [-0.05, 0) is 12.8 Å². The number of hydrogen-bond donors (Lipinski definition) is 0. The molecule has 0 heterocycles. The lowest BCUT2D eigenvalue weighted by atomic mass is 10.3. The molecule has 0 N–H and O–H groups in total. The molecule has 0 aromatic rings. The third kappa shape index (κ3) is 8.82. The van der Waals surface area contributed by atoms with Gasteiger partial charge in [-0.3, -0.25) is 4.99 Å². The summed E-state index contributed by atoms with van der Waals surface area (Å²) in [6.45, 7) is 12.7. The van der Waals surface area contributed by atoms with E-state index in [0.717, 1.165) is 6.54 Å². The van der Waals surface area contributed by atoms with Gasteiger partial charge in [0.1, 0.15) is 7.22 Å². The van der Waals surface area contributed by atoms with Crippen molar-refractivity contribution in [2.24, 2.45) is 4.99 Å². The van der Waals surface area contributed by atoms with Gasteiger partial charge in [0.25, 0.3) is 0 Å². The Bertz CT molecular complexity index is 163. The topological polar surface area (TPSA) is 12.4 Å². The Balaban J connectivity index is 3.84. The maximum Gasteiger partial charge on any atom is 0.109 e. The average molecular weight is 231 g/mol. The van der Waals surface area contributed by atoms with Crippen LogP contribution in [0.2, 0.25) is 19.6 Å². The molecule has 0 spiro atoms. The summed E-state index contributed by atoms with van der Waals surface area (Å²) in [5.41, 5.74) is 0. The molecule has 0 aliphatic carbocycles. The zero-order valence-electron chi connectivity index (χ0n) is 10.3. The van der Waals surface area contributed by atoms with Crippen molar-refractivity contribution >= 4 is 24.6 Å². The van der Waals surface area contributed by atoms with Gasteiger partial charge in [0, 0.05) is 18.0 Å². The Morgan fingerprint density at radius 2 is 1.93 bits per heavy atom. The fourth-order valence-corrected chi connectivity index (χ4v) is 5.74. The van der Waals surface area contributed by atoms with Crippen LogP contribution in [0, 0.1) is 0 Å². The highest BCUT2D eigenvalue weighted by Crippen LogP contribution is 2.25.